The van der Waals surface area contributed by atoms with E-state index in [1.54, 1.807) is 0 Å². The van der Waals surface area contributed by atoms with Crippen LogP contribution in [0.1, 0.15) is 29.4 Å². The zero-order valence-corrected chi connectivity index (χ0v) is 14.5. The number of nitrogens with one attached hydrogen (secondary N) is 1. The molecule has 1 saturated heterocycles. The van der Waals surface area contributed by atoms with Crippen molar-refractivity contribution in [3.63, 3.8) is 0 Å². The molecule has 1 aromatic carbocycles. The van der Waals surface area contributed by atoms with Crippen molar-refractivity contribution in [1.82, 2.24) is 15.2 Å². The summed E-state index contributed by atoms with van der Waals surface area (Å²) in [6, 6.07) is 15.2. The molecule has 0 amide bonds. The molecule has 3 nitrogen and oxygen atoms in total. The standard InChI is InChI=1S/C18H22BrN3/c1-14-4-2-5-17(21-14)18(15-6-8-16(19)9-7-15)22-12-3-10-20-11-13-22/h2,4-9,18,20H,3,10-13H2,1H3. The van der Waals surface area contributed by atoms with Crippen molar-refractivity contribution in [2.45, 2.75) is 19.4 Å². The van der Waals surface area contributed by atoms with E-state index in [4.69, 9.17) is 4.98 Å². The first-order valence-electron chi connectivity index (χ1n) is 7.88. The van der Waals surface area contributed by atoms with Gasteiger partial charge >= 0.3 is 0 Å². The Hall–Kier alpha value is -1.23. The number of benzene rings is 1. The predicted octanol–water partition coefficient (Wildman–Crippen LogP) is 3.54. The molecule has 22 heavy (non-hydrogen) atoms. The first-order chi connectivity index (χ1) is 10.7. The number of rotatable bonds is 3. The Morgan fingerprint density at radius 1 is 1.09 bits per heavy atom. The van der Waals surface area contributed by atoms with E-state index in [1.165, 1.54) is 12.0 Å². The van der Waals surface area contributed by atoms with Gasteiger partial charge in [-0.15, -0.1) is 0 Å². The van der Waals surface area contributed by atoms with Gasteiger partial charge in [0.25, 0.3) is 0 Å². The fraction of sp³-hybridized carbons (Fsp3) is 0.389. The van der Waals surface area contributed by atoms with Gasteiger partial charge in [-0.25, -0.2) is 0 Å². The fourth-order valence-electron chi connectivity index (χ4n) is 3.05. The SMILES string of the molecule is Cc1cccc(C(c2ccc(Br)cc2)N2CCCNCC2)n1. The summed E-state index contributed by atoms with van der Waals surface area (Å²) in [4.78, 5) is 7.35. The molecule has 1 aliphatic heterocycles. The highest BCUT2D eigenvalue weighted by molar-refractivity contribution is 9.10. The lowest BCUT2D eigenvalue weighted by Gasteiger charge is -2.30. The zero-order chi connectivity index (χ0) is 15.4. The number of aryl methyl sites for hydroxylation is 1. The third-order valence-electron chi connectivity index (χ3n) is 4.12. The van der Waals surface area contributed by atoms with Crippen LogP contribution in [-0.4, -0.2) is 36.1 Å². The van der Waals surface area contributed by atoms with Crippen molar-refractivity contribution >= 4 is 15.9 Å². The minimum absolute atomic E-state index is 0.230. The van der Waals surface area contributed by atoms with Gasteiger partial charge in [0, 0.05) is 29.8 Å². The molecule has 2 aromatic rings. The molecule has 1 fully saturated rings. The van der Waals surface area contributed by atoms with E-state index < -0.39 is 0 Å². The first-order valence-corrected chi connectivity index (χ1v) is 8.67. The van der Waals surface area contributed by atoms with Crippen LogP contribution in [-0.2, 0) is 0 Å². The number of aromatic nitrogens is 1. The molecule has 2 heterocycles. The molecule has 0 aliphatic carbocycles. The van der Waals surface area contributed by atoms with Gasteiger partial charge in [0.1, 0.15) is 0 Å². The molecule has 1 aliphatic rings. The van der Waals surface area contributed by atoms with E-state index in [0.717, 1.165) is 42.0 Å². The van der Waals surface area contributed by atoms with Gasteiger partial charge in [-0.05, 0) is 49.7 Å². The minimum Gasteiger partial charge on any atom is -0.315 e. The van der Waals surface area contributed by atoms with Gasteiger partial charge in [-0.1, -0.05) is 34.1 Å². The Morgan fingerprint density at radius 3 is 2.68 bits per heavy atom. The highest BCUT2D eigenvalue weighted by atomic mass is 79.9. The van der Waals surface area contributed by atoms with E-state index >= 15 is 0 Å². The summed E-state index contributed by atoms with van der Waals surface area (Å²) in [6.45, 7) is 6.36. The van der Waals surface area contributed by atoms with Crippen molar-refractivity contribution in [2.75, 3.05) is 26.2 Å². The van der Waals surface area contributed by atoms with Crippen LogP contribution in [0.2, 0.25) is 0 Å². The Morgan fingerprint density at radius 2 is 1.91 bits per heavy atom. The van der Waals surface area contributed by atoms with E-state index in [0.29, 0.717) is 0 Å². The van der Waals surface area contributed by atoms with Gasteiger partial charge in [0.2, 0.25) is 0 Å². The predicted molar refractivity (Wildman–Crippen MR) is 94.0 cm³/mol. The van der Waals surface area contributed by atoms with E-state index in [-0.39, 0.29) is 6.04 Å². The molecule has 116 valence electrons. The smallest absolute Gasteiger partial charge is 0.0777 e. The molecule has 0 spiro atoms. The molecular weight excluding hydrogens is 338 g/mol. The van der Waals surface area contributed by atoms with Crippen LogP contribution in [0.3, 0.4) is 0 Å². The fourth-order valence-corrected chi connectivity index (χ4v) is 3.32. The second-order valence-electron chi connectivity index (χ2n) is 5.80. The molecule has 0 saturated carbocycles. The maximum absolute atomic E-state index is 4.80. The summed E-state index contributed by atoms with van der Waals surface area (Å²) < 4.78 is 1.12. The quantitative estimate of drug-likeness (QED) is 0.908. The molecule has 0 bridgehead atoms. The van der Waals surface area contributed by atoms with Gasteiger partial charge in [0.05, 0.1) is 11.7 Å². The van der Waals surface area contributed by atoms with Crippen LogP contribution in [0.25, 0.3) is 0 Å². The Balaban J connectivity index is 1.99. The van der Waals surface area contributed by atoms with Gasteiger partial charge in [0.15, 0.2) is 0 Å². The number of hydrogen-bond donors (Lipinski definition) is 1. The Kier molecular flexibility index (Phi) is 5.24. The molecule has 1 unspecified atom stereocenters. The molecule has 1 atom stereocenters. The van der Waals surface area contributed by atoms with Gasteiger partial charge in [-0.2, -0.15) is 0 Å². The monoisotopic (exact) mass is 359 g/mol. The lowest BCUT2D eigenvalue weighted by molar-refractivity contribution is 0.237. The van der Waals surface area contributed by atoms with Crippen molar-refractivity contribution in [1.29, 1.82) is 0 Å². The molecular formula is C18H22BrN3. The van der Waals surface area contributed by atoms with Crippen LogP contribution in [0, 0.1) is 6.92 Å². The Bertz CT molecular complexity index is 604. The van der Waals surface area contributed by atoms with E-state index in [1.807, 2.05) is 0 Å². The summed E-state index contributed by atoms with van der Waals surface area (Å²) in [5, 5.41) is 3.49. The molecule has 1 aromatic heterocycles. The lowest BCUT2D eigenvalue weighted by atomic mass is 10.0. The third-order valence-corrected chi connectivity index (χ3v) is 4.64. The summed E-state index contributed by atoms with van der Waals surface area (Å²) in [7, 11) is 0. The van der Waals surface area contributed by atoms with Crippen molar-refractivity contribution in [3.8, 4) is 0 Å². The summed E-state index contributed by atoms with van der Waals surface area (Å²) in [6.07, 6.45) is 1.18. The molecule has 1 N–H and O–H groups in total. The highest BCUT2D eigenvalue weighted by Crippen LogP contribution is 2.29. The van der Waals surface area contributed by atoms with Crippen LogP contribution >= 0.6 is 15.9 Å². The van der Waals surface area contributed by atoms with Gasteiger partial charge in [-0.3, -0.25) is 9.88 Å². The number of halogens is 1. The second kappa shape index (κ2) is 7.36. The summed E-state index contributed by atoms with van der Waals surface area (Å²) in [5.74, 6) is 0. The van der Waals surface area contributed by atoms with Gasteiger partial charge < -0.3 is 5.32 Å². The largest absolute Gasteiger partial charge is 0.315 e. The average Bonchev–Trinajstić information content (AvgIpc) is 2.79. The molecule has 3 rings (SSSR count). The first kappa shape index (κ1) is 15.7. The lowest BCUT2D eigenvalue weighted by Crippen LogP contribution is -2.33. The molecule has 0 radical (unpaired) electrons. The van der Waals surface area contributed by atoms with Crippen LogP contribution in [0.15, 0.2) is 46.9 Å². The zero-order valence-electron chi connectivity index (χ0n) is 12.9. The normalized spacial score (nSPS) is 17.9. The average molecular weight is 360 g/mol. The van der Waals surface area contributed by atoms with E-state index in [9.17, 15) is 0 Å². The number of nitrogens with zero attached hydrogens (tertiary/aromatic N) is 2. The minimum atomic E-state index is 0.230. The van der Waals surface area contributed by atoms with Crippen molar-refractivity contribution in [3.05, 3.63) is 63.9 Å². The maximum atomic E-state index is 4.80. The summed E-state index contributed by atoms with van der Waals surface area (Å²) >= 11 is 3.53. The maximum Gasteiger partial charge on any atom is 0.0777 e. The van der Waals surface area contributed by atoms with Crippen LogP contribution < -0.4 is 5.32 Å². The van der Waals surface area contributed by atoms with Crippen LogP contribution in [0.4, 0.5) is 0 Å². The third kappa shape index (κ3) is 3.75. The number of hydrogen-bond acceptors (Lipinski definition) is 3. The van der Waals surface area contributed by atoms with Crippen molar-refractivity contribution < 1.29 is 0 Å². The molecule has 4 heteroatoms. The van der Waals surface area contributed by atoms with Crippen molar-refractivity contribution in [2.24, 2.45) is 0 Å². The second-order valence-corrected chi connectivity index (χ2v) is 6.71. The highest BCUT2D eigenvalue weighted by Gasteiger charge is 2.24. The summed E-state index contributed by atoms with van der Waals surface area (Å²) in [5.41, 5.74) is 3.53. The topological polar surface area (TPSA) is 28.2 Å². The van der Waals surface area contributed by atoms with E-state index in [2.05, 4.69) is 75.5 Å². The Labute approximate surface area is 140 Å². The van der Waals surface area contributed by atoms with Crippen LogP contribution in [0.5, 0.6) is 0 Å². The number of pyridine rings is 1.